The van der Waals surface area contributed by atoms with Crippen molar-refractivity contribution in [1.82, 2.24) is 19.2 Å². The van der Waals surface area contributed by atoms with E-state index in [1.165, 1.54) is 16.5 Å². The highest BCUT2D eigenvalue weighted by atomic mass is 35.5. The third-order valence-electron chi connectivity index (χ3n) is 3.73. The summed E-state index contributed by atoms with van der Waals surface area (Å²) in [6.07, 6.45) is -4.21. The molecule has 3 rings (SSSR count). The van der Waals surface area contributed by atoms with E-state index in [1.807, 2.05) is 6.07 Å². The zero-order chi connectivity index (χ0) is 19.8. The first-order chi connectivity index (χ1) is 12.7. The Morgan fingerprint density at radius 3 is 2.59 bits per heavy atom. The molecule has 0 N–H and O–H groups in total. The van der Waals surface area contributed by atoms with Crippen molar-refractivity contribution in [2.75, 3.05) is 0 Å². The molecule has 0 amide bonds. The van der Waals surface area contributed by atoms with Crippen molar-refractivity contribution in [3.8, 4) is 6.07 Å². The highest BCUT2D eigenvalue weighted by Crippen LogP contribution is 2.30. The number of rotatable bonds is 4. The van der Waals surface area contributed by atoms with E-state index in [0.717, 1.165) is 4.68 Å². The lowest BCUT2D eigenvalue weighted by molar-refractivity contribution is -0.141. The molecule has 0 aliphatic rings. The van der Waals surface area contributed by atoms with E-state index >= 15 is 0 Å². The van der Waals surface area contributed by atoms with Crippen molar-refractivity contribution in [2.45, 2.75) is 25.6 Å². The van der Waals surface area contributed by atoms with Gasteiger partial charge in [0.05, 0.1) is 23.3 Å². The van der Waals surface area contributed by atoms with Crippen LogP contribution in [0.4, 0.5) is 13.2 Å². The van der Waals surface area contributed by atoms with E-state index in [2.05, 4.69) is 10.1 Å². The van der Waals surface area contributed by atoms with Crippen LogP contribution in [0.2, 0.25) is 10.2 Å². The number of nitrogens with zero attached hydrogens (tertiary/aromatic N) is 5. The zero-order valence-electron chi connectivity index (χ0n) is 13.5. The van der Waals surface area contributed by atoms with Gasteiger partial charge in [-0.15, -0.1) is 0 Å². The van der Waals surface area contributed by atoms with Crippen molar-refractivity contribution in [3.63, 3.8) is 0 Å². The van der Waals surface area contributed by atoms with E-state index in [9.17, 15) is 18.0 Å². The summed E-state index contributed by atoms with van der Waals surface area (Å²) in [6, 6.07) is 6.91. The van der Waals surface area contributed by atoms with Crippen molar-refractivity contribution in [3.05, 3.63) is 61.9 Å². The second-order valence-electron chi connectivity index (χ2n) is 5.57. The molecule has 3 aromatic rings. The molecule has 0 radical (unpaired) electrons. The maximum Gasteiger partial charge on any atom is 0.435 e. The first-order valence-corrected chi connectivity index (χ1v) is 8.34. The summed E-state index contributed by atoms with van der Waals surface area (Å²) in [6.45, 7) is -0.211. The Morgan fingerprint density at radius 2 is 1.96 bits per heavy atom. The highest BCUT2D eigenvalue weighted by Gasteiger charge is 2.34. The van der Waals surface area contributed by atoms with Gasteiger partial charge >= 0.3 is 6.18 Å². The molecule has 0 aliphatic carbocycles. The van der Waals surface area contributed by atoms with E-state index in [-0.39, 0.29) is 35.9 Å². The minimum Gasteiger partial charge on any atom is -0.269 e. The molecule has 6 nitrogen and oxygen atoms in total. The van der Waals surface area contributed by atoms with Crippen LogP contribution in [0.1, 0.15) is 23.5 Å². The van der Waals surface area contributed by atoms with Gasteiger partial charge in [0, 0.05) is 30.7 Å². The Balaban J connectivity index is 2.03. The monoisotopic (exact) mass is 415 g/mol. The average molecular weight is 416 g/mol. The molecule has 11 heteroatoms. The van der Waals surface area contributed by atoms with Crippen LogP contribution < -0.4 is 5.56 Å². The van der Waals surface area contributed by atoms with Gasteiger partial charge in [0.2, 0.25) is 0 Å². The van der Waals surface area contributed by atoms with E-state index in [0.29, 0.717) is 16.8 Å². The normalized spacial score (nSPS) is 11.7. The van der Waals surface area contributed by atoms with Crippen LogP contribution in [0.15, 0.2) is 29.1 Å². The Labute approximate surface area is 160 Å². The molecular weight excluding hydrogens is 406 g/mol. The van der Waals surface area contributed by atoms with Gasteiger partial charge in [0.15, 0.2) is 5.69 Å². The molecule has 0 spiro atoms. The van der Waals surface area contributed by atoms with Crippen molar-refractivity contribution >= 4 is 28.8 Å². The number of alkyl halides is 3. The number of pyridine rings is 1. The summed E-state index contributed by atoms with van der Waals surface area (Å²) in [7, 11) is 0. The predicted molar refractivity (Wildman–Crippen MR) is 91.7 cm³/mol. The van der Waals surface area contributed by atoms with Gasteiger partial charge in [-0.3, -0.25) is 9.20 Å². The SMILES string of the molecule is N#CCCc1c(Cl)ccc2nc(Cn3nc(C(F)(F)F)cc3Cl)cc(=O)n12. The van der Waals surface area contributed by atoms with Crippen molar-refractivity contribution < 1.29 is 13.2 Å². The van der Waals surface area contributed by atoms with Crippen LogP contribution in [0.3, 0.4) is 0 Å². The van der Waals surface area contributed by atoms with Crippen molar-refractivity contribution in [2.24, 2.45) is 0 Å². The third kappa shape index (κ3) is 3.91. The largest absolute Gasteiger partial charge is 0.435 e. The Bertz CT molecular complexity index is 1110. The molecule has 0 aliphatic heterocycles. The number of fused-ring (bicyclic) bond motifs is 1. The van der Waals surface area contributed by atoms with Gasteiger partial charge < -0.3 is 0 Å². The second-order valence-corrected chi connectivity index (χ2v) is 6.37. The number of hydrogen-bond acceptors (Lipinski definition) is 4. The standard InChI is InChI=1S/C16H10Cl2F3N5O/c17-10-3-4-14-23-9(6-15(27)26(14)11(10)2-1-5-22)8-25-13(18)7-12(24-25)16(19,20)21/h3-4,6-7H,1-2,8H2. The molecule has 3 heterocycles. The quantitative estimate of drug-likeness (QED) is 0.650. The summed E-state index contributed by atoms with van der Waals surface area (Å²) >= 11 is 11.9. The second kappa shape index (κ2) is 7.21. The van der Waals surface area contributed by atoms with Gasteiger partial charge in [0.25, 0.3) is 5.56 Å². The molecule has 0 fully saturated rings. The van der Waals surface area contributed by atoms with Crippen LogP contribution in [0.5, 0.6) is 0 Å². The topological polar surface area (TPSA) is 76.0 Å². The summed E-state index contributed by atoms with van der Waals surface area (Å²) in [5.74, 6) is 0. The first-order valence-electron chi connectivity index (χ1n) is 7.58. The highest BCUT2D eigenvalue weighted by molar-refractivity contribution is 6.31. The van der Waals surface area contributed by atoms with Gasteiger partial charge in [-0.2, -0.15) is 23.5 Å². The van der Waals surface area contributed by atoms with E-state index in [1.54, 1.807) is 6.07 Å². The first kappa shape index (κ1) is 19.2. The predicted octanol–water partition coefficient (Wildman–Crippen LogP) is 3.72. The molecule has 27 heavy (non-hydrogen) atoms. The molecule has 0 aromatic carbocycles. The lowest BCUT2D eigenvalue weighted by Crippen LogP contribution is -2.20. The van der Waals surface area contributed by atoms with Gasteiger partial charge in [0.1, 0.15) is 10.8 Å². The Hall–Kier alpha value is -2.57. The number of halogens is 5. The fraction of sp³-hybridized carbons (Fsp3) is 0.250. The number of aromatic nitrogens is 4. The average Bonchev–Trinajstić information content (AvgIpc) is 2.95. The smallest absolute Gasteiger partial charge is 0.269 e. The van der Waals surface area contributed by atoms with Crippen molar-refractivity contribution in [1.29, 1.82) is 5.26 Å². The summed E-state index contributed by atoms with van der Waals surface area (Å²) in [4.78, 5) is 16.8. The van der Waals surface area contributed by atoms with E-state index in [4.69, 9.17) is 28.5 Å². The van der Waals surface area contributed by atoms with Gasteiger partial charge in [-0.25, -0.2) is 9.67 Å². The third-order valence-corrected chi connectivity index (χ3v) is 4.38. The Morgan fingerprint density at radius 1 is 1.22 bits per heavy atom. The lowest BCUT2D eigenvalue weighted by atomic mass is 10.2. The van der Waals surface area contributed by atoms with Gasteiger partial charge in [-0.05, 0) is 12.1 Å². The van der Waals surface area contributed by atoms with Crippen LogP contribution >= 0.6 is 23.2 Å². The fourth-order valence-corrected chi connectivity index (χ4v) is 3.01. The van der Waals surface area contributed by atoms with Crippen LogP contribution in [-0.4, -0.2) is 19.2 Å². The number of aryl methyl sites for hydroxylation is 1. The number of nitriles is 1. The molecule has 0 saturated heterocycles. The maximum absolute atomic E-state index is 12.7. The molecular formula is C16H10Cl2F3N5O. The molecule has 140 valence electrons. The molecule has 0 bridgehead atoms. The Kier molecular flexibility index (Phi) is 5.13. The summed E-state index contributed by atoms with van der Waals surface area (Å²) < 4.78 is 40.4. The molecule has 3 aromatic heterocycles. The fourth-order valence-electron chi connectivity index (χ4n) is 2.57. The number of hydrogen-bond donors (Lipinski definition) is 0. The summed E-state index contributed by atoms with van der Waals surface area (Å²) in [5, 5.41) is 12.3. The minimum atomic E-state index is -4.63. The molecule has 0 saturated carbocycles. The van der Waals surface area contributed by atoms with Gasteiger partial charge in [-0.1, -0.05) is 23.2 Å². The molecule has 0 atom stereocenters. The zero-order valence-corrected chi connectivity index (χ0v) is 15.0. The lowest BCUT2D eigenvalue weighted by Gasteiger charge is -2.10. The van der Waals surface area contributed by atoms with Crippen LogP contribution in [0, 0.1) is 11.3 Å². The van der Waals surface area contributed by atoms with Crippen LogP contribution in [-0.2, 0) is 19.1 Å². The molecule has 0 unspecified atom stereocenters. The maximum atomic E-state index is 12.7. The summed E-state index contributed by atoms with van der Waals surface area (Å²) in [5.41, 5.74) is -0.710. The minimum absolute atomic E-state index is 0.163. The van der Waals surface area contributed by atoms with E-state index < -0.39 is 17.4 Å². The van der Waals surface area contributed by atoms with Crippen LogP contribution in [0.25, 0.3) is 5.65 Å².